The Hall–Kier alpha value is -2.10. The van der Waals surface area contributed by atoms with Crippen LogP contribution in [0.4, 0.5) is 5.69 Å². The molecule has 0 spiro atoms. The molecule has 1 atom stereocenters. The number of nitrogens with one attached hydrogen (secondary N) is 2. The van der Waals surface area contributed by atoms with Crippen molar-refractivity contribution in [3.8, 4) is 0 Å². The number of carbonyl (C=O) groups is 2. The molecule has 0 aliphatic carbocycles. The summed E-state index contributed by atoms with van der Waals surface area (Å²) in [5, 5.41) is 5.58. The van der Waals surface area contributed by atoms with Crippen molar-refractivity contribution in [1.82, 2.24) is 5.32 Å². The van der Waals surface area contributed by atoms with Gasteiger partial charge in [-0.05, 0) is 38.5 Å². The molecule has 102 valence electrons. The van der Waals surface area contributed by atoms with Crippen molar-refractivity contribution >= 4 is 17.5 Å². The summed E-state index contributed by atoms with van der Waals surface area (Å²) in [6.07, 6.45) is 3.93. The number of hydrogen-bond donors (Lipinski definition) is 2. The van der Waals surface area contributed by atoms with Crippen molar-refractivity contribution in [3.05, 3.63) is 42.0 Å². The second-order valence-electron chi connectivity index (χ2n) is 4.32. The fourth-order valence-corrected chi connectivity index (χ4v) is 1.52. The lowest BCUT2D eigenvalue weighted by molar-refractivity contribution is -0.111. The monoisotopic (exact) mass is 260 g/mol. The van der Waals surface area contributed by atoms with Gasteiger partial charge >= 0.3 is 0 Å². The molecule has 0 aliphatic rings. The van der Waals surface area contributed by atoms with Crippen molar-refractivity contribution in [2.24, 2.45) is 0 Å². The molecule has 0 saturated heterocycles. The minimum atomic E-state index is -0.244. The van der Waals surface area contributed by atoms with Gasteiger partial charge in [-0.25, -0.2) is 0 Å². The topological polar surface area (TPSA) is 58.2 Å². The first kappa shape index (κ1) is 15.0. The van der Waals surface area contributed by atoms with E-state index < -0.39 is 0 Å². The molecule has 2 N–H and O–H groups in total. The van der Waals surface area contributed by atoms with Crippen molar-refractivity contribution in [3.63, 3.8) is 0 Å². The van der Waals surface area contributed by atoms with Crippen LogP contribution in [0, 0.1) is 0 Å². The van der Waals surface area contributed by atoms with Gasteiger partial charge in [-0.2, -0.15) is 0 Å². The Labute approximate surface area is 113 Å². The molecule has 0 aromatic heterocycles. The molecule has 0 bridgehead atoms. The van der Waals surface area contributed by atoms with E-state index in [0.29, 0.717) is 11.3 Å². The van der Waals surface area contributed by atoms with Crippen molar-refractivity contribution in [2.45, 2.75) is 33.2 Å². The van der Waals surface area contributed by atoms with Gasteiger partial charge in [0.15, 0.2) is 0 Å². The highest BCUT2D eigenvalue weighted by molar-refractivity contribution is 6.06. The Morgan fingerprint density at radius 1 is 1.32 bits per heavy atom. The molecule has 0 aliphatic heterocycles. The number of benzene rings is 1. The Bertz CT molecular complexity index is 481. The smallest absolute Gasteiger partial charge is 0.253 e. The van der Waals surface area contributed by atoms with E-state index in [1.54, 1.807) is 37.3 Å². The largest absolute Gasteiger partial charge is 0.350 e. The van der Waals surface area contributed by atoms with E-state index in [2.05, 4.69) is 10.6 Å². The van der Waals surface area contributed by atoms with Gasteiger partial charge in [0.1, 0.15) is 0 Å². The van der Waals surface area contributed by atoms with Crippen LogP contribution < -0.4 is 10.6 Å². The highest BCUT2D eigenvalue weighted by Gasteiger charge is 2.13. The maximum absolute atomic E-state index is 12.1. The molecule has 19 heavy (non-hydrogen) atoms. The first-order valence-corrected chi connectivity index (χ1v) is 6.42. The Morgan fingerprint density at radius 3 is 2.63 bits per heavy atom. The van der Waals surface area contributed by atoms with Gasteiger partial charge in [-0.15, -0.1) is 0 Å². The van der Waals surface area contributed by atoms with Crippen LogP contribution in [0.3, 0.4) is 0 Å². The van der Waals surface area contributed by atoms with Gasteiger partial charge < -0.3 is 10.6 Å². The van der Waals surface area contributed by atoms with Gasteiger partial charge in [0.05, 0.1) is 11.3 Å². The summed E-state index contributed by atoms with van der Waals surface area (Å²) in [5.74, 6) is -0.419. The van der Waals surface area contributed by atoms with Crippen molar-refractivity contribution < 1.29 is 9.59 Å². The van der Waals surface area contributed by atoms with E-state index in [9.17, 15) is 9.59 Å². The molecule has 0 fully saturated rings. The van der Waals surface area contributed by atoms with Crippen molar-refractivity contribution in [2.75, 3.05) is 5.32 Å². The van der Waals surface area contributed by atoms with Crippen LogP contribution in [-0.4, -0.2) is 17.9 Å². The molecular formula is C15H20N2O2. The average molecular weight is 260 g/mol. The Morgan fingerprint density at radius 2 is 2.00 bits per heavy atom. The van der Waals surface area contributed by atoms with E-state index >= 15 is 0 Å². The van der Waals surface area contributed by atoms with Crippen LogP contribution in [0.1, 0.15) is 37.6 Å². The number of amides is 2. The van der Waals surface area contributed by atoms with E-state index in [-0.39, 0.29) is 17.9 Å². The second kappa shape index (κ2) is 7.36. The van der Waals surface area contributed by atoms with Gasteiger partial charge in [0.2, 0.25) is 5.91 Å². The highest BCUT2D eigenvalue weighted by atomic mass is 16.2. The zero-order valence-corrected chi connectivity index (χ0v) is 11.6. The molecule has 1 unspecified atom stereocenters. The van der Waals surface area contributed by atoms with Gasteiger partial charge in [0.25, 0.3) is 5.91 Å². The molecule has 1 aromatic carbocycles. The lowest BCUT2D eigenvalue weighted by Gasteiger charge is -2.14. The maximum Gasteiger partial charge on any atom is 0.253 e. The minimum absolute atomic E-state index is 0.104. The van der Waals surface area contributed by atoms with Crippen molar-refractivity contribution in [1.29, 1.82) is 0 Å². The van der Waals surface area contributed by atoms with E-state index in [4.69, 9.17) is 0 Å². The normalized spacial score (nSPS) is 12.2. The molecule has 0 heterocycles. The van der Waals surface area contributed by atoms with Crippen LogP contribution in [0.15, 0.2) is 36.4 Å². The van der Waals surface area contributed by atoms with Gasteiger partial charge in [-0.3, -0.25) is 9.59 Å². The van der Waals surface area contributed by atoms with Gasteiger partial charge in [0, 0.05) is 6.04 Å². The van der Waals surface area contributed by atoms with E-state index in [0.717, 1.165) is 6.42 Å². The second-order valence-corrected chi connectivity index (χ2v) is 4.32. The zero-order chi connectivity index (χ0) is 14.3. The summed E-state index contributed by atoms with van der Waals surface area (Å²) in [6, 6.07) is 7.07. The predicted octanol–water partition coefficient (Wildman–Crippen LogP) is 2.73. The number of anilines is 1. The quantitative estimate of drug-likeness (QED) is 0.800. The molecule has 0 saturated carbocycles. The lowest BCUT2D eigenvalue weighted by atomic mass is 10.1. The predicted molar refractivity (Wildman–Crippen MR) is 77.1 cm³/mol. The molecule has 2 amide bonds. The summed E-state index contributed by atoms with van der Waals surface area (Å²) in [6.45, 7) is 5.71. The van der Waals surface area contributed by atoms with E-state index in [1.165, 1.54) is 6.08 Å². The lowest BCUT2D eigenvalue weighted by Crippen LogP contribution is -2.32. The third kappa shape index (κ3) is 4.58. The molecular weight excluding hydrogens is 240 g/mol. The Kier molecular flexibility index (Phi) is 5.79. The number of rotatable bonds is 5. The zero-order valence-electron chi connectivity index (χ0n) is 11.6. The summed E-state index contributed by atoms with van der Waals surface area (Å²) < 4.78 is 0. The molecule has 0 radical (unpaired) electrons. The minimum Gasteiger partial charge on any atom is -0.350 e. The molecule has 1 aromatic rings. The Balaban J connectivity index is 2.89. The van der Waals surface area contributed by atoms with E-state index in [1.807, 2.05) is 13.8 Å². The first-order chi connectivity index (χ1) is 9.08. The summed E-state index contributed by atoms with van der Waals surface area (Å²) in [5.41, 5.74) is 0.993. The third-order valence-corrected chi connectivity index (χ3v) is 2.74. The fraction of sp³-hybridized carbons (Fsp3) is 0.333. The van der Waals surface area contributed by atoms with Crippen LogP contribution in [-0.2, 0) is 4.79 Å². The number of hydrogen-bond acceptors (Lipinski definition) is 2. The SMILES string of the molecule is CC=CC(=O)Nc1ccccc1C(=O)NC(C)CC. The molecule has 4 nitrogen and oxygen atoms in total. The fourth-order valence-electron chi connectivity index (χ4n) is 1.52. The van der Waals surface area contributed by atoms with Crippen LogP contribution >= 0.6 is 0 Å². The van der Waals surface area contributed by atoms with Crippen LogP contribution in [0.5, 0.6) is 0 Å². The summed E-state index contributed by atoms with van der Waals surface area (Å²) >= 11 is 0. The van der Waals surface area contributed by atoms with Crippen LogP contribution in [0.2, 0.25) is 0 Å². The standard InChI is InChI=1S/C15H20N2O2/c1-4-8-14(18)17-13-10-7-6-9-12(13)15(19)16-11(3)5-2/h4,6-11H,5H2,1-3H3,(H,16,19)(H,17,18). The van der Waals surface area contributed by atoms with Gasteiger partial charge in [-0.1, -0.05) is 25.1 Å². The molecule has 4 heteroatoms. The first-order valence-electron chi connectivity index (χ1n) is 6.42. The van der Waals surface area contributed by atoms with Crippen LogP contribution in [0.25, 0.3) is 0 Å². The number of allylic oxidation sites excluding steroid dienone is 1. The number of para-hydroxylation sites is 1. The maximum atomic E-state index is 12.1. The number of carbonyl (C=O) groups excluding carboxylic acids is 2. The third-order valence-electron chi connectivity index (χ3n) is 2.74. The molecule has 1 rings (SSSR count). The highest BCUT2D eigenvalue weighted by Crippen LogP contribution is 2.15. The summed E-state index contributed by atoms with van der Waals surface area (Å²) in [7, 11) is 0. The summed E-state index contributed by atoms with van der Waals surface area (Å²) in [4.78, 5) is 23.6. The average Bonchev–Trinajstić information content (AvgIpc) is 2.39.